The number of halogens is 1. The van der Waals surface area contributed by atoms with Crippen LogP contribution >= 0.6 is 15.9 Å². The second kappa shape index (κ2) is 7.92. The summed E-state index contributed by atoms with van der Waals surface area (Å²) in [5, 5.41) is 2.89. The number of anilines is 1. The molecule has 2 aromatic rings. The van der Waals surface area contributed by atoms with E-state index >= 15 is 0 Å². The van der Waals surface area contributed by atoms with Crippen molar-refractivity contribution in [1.29, 1.82) is 0 Å². The number of amides is 1. The molecule has 0 radical (unpaired) electrons. The van der Waals surface area contributed by atoms with Gasteiger partial charge in [-0.3, -0.25) is 9.59 Å². The average molecular weight is 376 g/mol. The van der Waals surface area contributed by atoms with Crippen LogP contribution in [0.5, 0.6) is 5.75 Å². The quantitative estimate of drug-likeness (QED) is 0.771. The first-order valence-corrected chi connectivity index (χ1v) is 8.10. The summed E-state index contributed by atoms with van der Waals surface area (Å²) in [6, 6.07) is 11.0. The van der Waals surface area contributed by atoms with Crippen LogP contribution in [-0.2, 0) is 11.2 Å². The molecule has 0 saturated carbocycles. The van der Waals surface area contributed by atoms with Crippen LogP contribution in [0.1, 0.15) is 28.4 Å². The van der Waals surface area contributed by atoms with Gasteiger partial charge in [0, 0.05) is 10.2 Å². The summed E-state index contributed by atoms with van der Waals surface area (Å²) in [6.45, 7) is 3.84. The van der Waals surface area contributed by atoms with Crippen molar-refractivity contribution in [3.8, 4) is 5.75 Å². The molecule has 0 saturated heterocycles. The number of rotatable bonds is 6. The average Bonchev–Trinajstić information content (AvgIpc) is 2.55. The molecular weight excluding hydrogens is 358 g/mol. The van der Waals surface area contributed by atoms with Crippen LogP contribution in [0, 0.1) is 6.92 Å². The third kappa shape index (κ3) is 4.42. The van der Waals surface area contributed by atoms with Gasteiger partial charge >= 0.3 is 0 Å². The van der Waals surface area contributed by atoms with Gasteiger partial charge in [0.25, 0.3) is 5.91 Å². The van der Waals surface area contributed by atoms with Crippen LogP contribution in [0.15, 0.2) is 40.9 Å². The van der Waals surface area contributed by atoms with E-state index in [2.05, 4.69) is 21.2 Å². The third-order valence-corrected chi connectivity index (χ3v) is 3.96. The molecule has 0 aliphatic carbocycles. The van der Waals surface area contributed by atoms with E-state index in [0.717, 1.165) is 27.7 Å². The molecule has 5 heteroatoms. The largest absolute Gasteiger partial charge is 0.483 e. The number of carbonyl (C=O) groups is 2. The van der Waals surface area contributed by atoms with Crippen LogP contribution in [-0.4, -0.2) is 18.8 Å². The lowest BCUT2D eigenvalue weighted by Crippen LogP contribution is -2.21. The first-order chi connectivity index (χ1) is 11.0. The number of para-hydroxylation sites is 1. The fraction of sp³-hybridized carbons (Fsp3) is 0.222. The molecule has 0 spiro atoms. The fourth-order valence-corrected chi connectivity index (χ4v) is 2.64. The Balaban J connectivity index is 2.05. The molecule has 1 amide bonds. The molecular formula is C18H18BrNO3. The Kier molecular flexibility index (Phi) is 5.93. The summed E-state index contributed by atoms with van der Waals surface area (Å²) in [5.74, 6) is 0.132. The van der Waals surface area contributed by atoms with Crippen molar-refractivity contribution in [1.82, 2.24) is 0 Å². The molecule has 23 heavy (non-hydrogen) atoms. The van der Waals surface area contributed by atoms with Crippen molar-refractivity contribution in [2.75, 3.05) is 11.9 Å². The molecule has 0 aromatic heterocycles. The topological polar surface area (TPSA) is 55.4 Å². The van der Waals surface area contributed by atoms with Gasteiger partial charge in [-0.05, 0) is 42.7 Å². The molecule has 0 aliphatic heterocycles. The molecule has 120 valence electrons. The molecule has 0 aliphatic rings. The van der Waals surface area contributed by atoms with Crippen molar-refractivity contribution in [2.24, 2.45) is 0 Å². The molecule has 4 nitrogen and oxygen atoms in total. The summed E-state index contributed by atoms with van der Waals surface area (Å²) < 4.78 is 6.25. The second-order valence-corrected chi connectivity index (χ2v) is 6.02. The maximum Gasteiger partial charge on any atom is 0.262 e. The molecule has 2 aromatic carbocycles. The highest BCUT2D eigenvalue weighted by Gasteiger charge is 2.11. The number of hydrogen-bond acceptors (Lipinski definition) is 3. The van der Waals surface area contributed by atoms with Crippen molar-refractivity contribution in [3.63, 3.8) is 0 Å². The number of aldehydes is 1. The minimum absolute atomic E-state index is 0.153. The number of aryl methyl sites for hydroxylation is 2. The van der Waals surface area contributed by atoms with E-state index in [9.17, 15) is 9.59 Å². The molecule has 0 unspecified atom stereocenters. The van der Waals surface area contributed by atoms with Crippen molar-refractivity contribution in [2.45, 2.75) is 20.3 Å². The SMILES string of the molecule is CCc1cccc(C)c1NC(=O)COc1ccc(Br)cc1C=O. The van der Waals surface area contributed by atoms with E-state index in [4.69, 9.17) is 4.74 Å². The molecule has 0 heterocycles. The summed E-state index contributed by atoms with van der Waals surface area (Å²) >= 11 is 3.29. The van der Waals surface area contributed by atoms with Gasteiger partial charge in [-0.2, -0.15) is 0 Å². The fourth-order valence-electron chi connectivity index (χ4n) is 2.26. The molecule has 0 fully saturated rings. The Labute approximate surface area is 144 Å². The van der Waals surface area contributed by atoms with Crippen molar-refractivity contribution >= 4 is 33.8 Å². The monoisotopic (exact) mass is 375 g/mol. The van der Waals surface area contributed by atoms with Gasteiger partial charge in [0.1, 0.15) is 5.75 Å². The molecule has 0 atom stereocenters. The van der Waals surface area contributed by atoms with Crippen LogP contribution in [0.3, 0.4) is 0 Å². The van der Waals surface area contributed by atoms with Crippen molar-refractivity contribution in [3.05, 3.63) is 57.6 Å². The lowest BCUT2D eigenvalue weighted by atomic mass is 10.1. The van der Waals surface area contributed by atoms with E-state index < -0.39 is 0 Å². The summed E-state index contributed by atoms with van der Waals surface area (Å²) in [6.07, 6.45) is 1.54. The molecule has 1 N–H and O–H groups in total. The van der Waals surface area contributed by atoms with Crippen LogP contribution < -0.4 is 10.1 Å². The van der Waals surface area contributed by atoms with E-state index in [-0.39, 0.29) is 12.5 Å². The van der Waals surface area contributed by atoms with E-state index in [1.165, 1.54) is 0 Å². The first kappa shape index (κ1) is 17.2. The molecule has 0 bridgehead atoms. The first-order valence-electron chi connectivity index (χ1n) is 7.31. The number of nitrogens with one attached hydrogen (secondary N) is 1. The van der Waals surface area contributed by atoms with Crippen molar-refractivity contribution < 1.29 is 14.3 Å². The Hall–Kier alpha value is -2.14. The number of hydrogen-bond donors (Lipinski definition) is 1. The minimum atomic E-state index is -0.256. The summed E-state index contributed by atoms with van der Waals surface area (Å²) in [4.78, 5) is 23.2. The zero-order valence-corrected chi connectivity index (χ0v) is 14.6. The Morgan fingerprint density at radius 2 is 2.09 bits per heavy atom. The molecule has 2 rings (SSSR count). The Morgan fingerprint density at radius 3 is 2.78 bits per heavy atom. The Bertz CT molecular complexity index is 728. The third-order valence-electron chi connectivity index (χ3n) is 3.46. The lowest BCUT2D eigenvalue weighted by molar-refractivity contribution is -0.118. The zero-order valence-electron chi connectivity index (χ0n) is 13.1. The summed E-state index contributed by atoms with van der Waals surface area (Å²) in [5.41, 5.74) is 3.32. The smallest absolute Gasteiger partial charge is 0.262 e. The van der Waals surface area contributed by atoms with Gasteiger partial charge in [0.15, 0.2) is 12.9 Å². The van der Waals surface area contributed by atoms with E-state index in [0.29, 0.717) is 17.6 Å². The maximum absolute atomic E-state index is 12.1. The Morgan fingerprint density at radius 1 is 1.30 bits per heavy atom. The predicted octanol–water partition coefficient (Wildman–Crippen LogP) is 4.15. The highest BCUT2D eigenvalue weighted by atomic mass is 79.9. The van der Waals surface area contributed by atoms with E-state index in [1.807, 2.05) is 32.0 Å². The number of carbonyl (C=O) groups excluding carboxylic acids is 2. The van der Waals surface area contributed by atoms with Gasteiger partial charge < -0.3 is 10.1 Å². The normalized spacial score (nSPS) is 10.2. The van der Waals surface area contributed by atoms with Gasteiger partial charge in [-0.15, -0.1) is 0 Å². The zero-order chi connectivity index (χ0) is 16.8. The second-order valence-electron chi connectivity index (χ2n) is 5.10. The lowest BCUT2D eigenvalue weighted by Gasteiger charge is -2.14. The van der Waals surface area contributed by atoms with Gasteiger partial charge in [-0.25, -0.2) is 0 Å². The van der Waals surface area contributed by atoms with Gasteiger partial charge in [0.2, 0.25) is 0 Å². The minimum Gasteiger partial charge on any atom is -0.483 e. The number of ether oxygens (including phenoxy) is 1. The van der Waals surface area contributed by atoms with E-state index in [1.54, 1.807) is 18.2 Å². The van der Waals surface area contributed by atoms with Crippen LogP contribution in [0.25, 0.3) is 0 Å². The summed E-state index contributed by atoms with van der Waals surface area (Å²) in [7, 11) is 0. The van der Waals surface area contributed by atoms with Gasteiger partial charge in [-0.1, -0.05) is 41.1 Å². The highest BCUT2D eigenvalue weighted by Crippen LogP contribution is 2.23. The highest BCUT2D eigenvalue weighted by molar-refractivity contribution is 9.10. The van der Waals surface area contributed by atoms with Gasteiger partial charge in [0.05, 0.1) is 5.56 Å². The number of benzene rings is 2. The predicted molar refractivity (Wildman–Crippen MR) is 94.2 cm³/mol. The van der Waals surface area contributed by atoms with Crippen LogP contribution in [0.4, 0.5) is 5.69 Å². The van der Waals surface area contributed by atoms with Crippen LogP contribution in [0.2, 0.25) is 0 Å². The standard InChI is InChI=1S/C18H18BrNO3/c1-3-13-6-4-5-12(2)18(13)20-17(22)11-23-16-8-7-15(19)9-14(16)10-21/h4-10H,3,11H2,1-2H3,(H,20,22). The maximum atomic E-state index is 12.1.